The van der Waals surface area contributed by atoms with E-state index in [1.807, 2.05) is 18.7 Å². The van der Waals surface area contributed by atoms with Gasteiger partial charge in [-0.15, -0.1) is 24.0 Å². The zero-order valence-corrected chi connectivity index (χ0v) is 18.0. The summed E-state index contributed by atoms with van der Waals surface area (Å²) in [4.78, 5) is 17.9. The van der Waals surface area contributed by atoms with E-state index >= 15 is 0 Å². The van der Waals surface area contributed by atoms with E-state index in [1.165, 1.54) is 6.26 Å². The second-order valence-corrected chi connectivity index (χ2v) is 8.32. The summed E-state index contributed by atoms with van der Waals surface area (Å²) >= 11 is 0. The summed E-state index contributed by atoms with van der Waals surface area (Å²) in [5.41, 5.74) is 0. The quantitative estimate of drug-likeness (QED) is 0.225. The molecule has 0 aromatic heterocycles. The van der Waals surface area contributed by atoms with E-state index in [2.05, 4.69) is 15.6 Å². The fraction of sp³-hybridized carbons (Fsp3) is 0.867. The SMILES string of the molecule is CCNC(=NCCCN1CCCC1=O)NC(C)CCS(C)(=O)=O.I. The molecule has 0 bridgehead atoms. The molecule has 1 heterocycles. The third-order valence-electron chi connectivity index (χ3n) is 3.68. The fourth-order valence-corrected chi connectivity index (χ4v) is 3.19. The predicted molar refractivity (Wildman–Crippen MR) is 109 cm³/mol. The first-order valence-electron chi connectivity index (χ1n) is 8.32. The highest BCUT2D eigenvalue weighted by Crippen LogP contribution is 2.09. The number of hydrogen-bond acceptors (Lipinski definition) is 4. The van der Waals surface area contributed by atoms with Gasteiger partial charge in [0.15, 0.2) is 5.96 Å². The van der Waals surface area contributed by atoms with Crippen molar-refractivity contribution in [3.63, 3.8) is 0 Å². The molecule has 0 saturated carbocycles. The van der Waals surface area contributed by atoms with Crippen molar-refractivity contribution in [2.45, 2.75) is 45.6 Å². The maximum atomic E-state index is 11.5. The molecule has 1 aliphatic heterocycles. The highest BCUT2D eigenvalue weighted by molar-refractivity contribution is 14.0. The average molecular weight is 474 g/mol. The van der Waals surface area contributed by atoms with Gasteiger partial charge in [-0.2, -0.15) is 0 Å². The number of sulfone groups is 1. The van der Waals surface area contributed by atoms with Crippen molar-refractivity contribution in [1.82, 2.24) is 15.5 Å². The van der Waals surface area contributed by atoms with Crippen LogP contribution in [0.5, 0.6) is 0 Å². The van der Waals surface area contributed by atoms with Gasteiger partial charge in [-0.3, -0.25) is 9.79 Å². The molecule has 0 aliphatic carbocycles. The zero-order chi connectivity index (χ0) is 17.3. The van der Waals surface area contributed by atoms with Crippen LogP contribution in [0.3, 0.4) is 0 Å². The molecule has 0 spiro atoms. The lowest BCUT2D eigenvalue weighted by Gasteiger charge is -2.18. The van der Waals surface area contributed by atoms with Crippen LogP contribution in [0, 0.1) is 0 Å². The normalized spacial score (nSPS) is 16.7. The van der Waals surface area contributed by atoms with Crippen LogP contribution in [0.1, 0.15) is 39.5 Å². The van der Waals surface area contributed by atoms with Crippen molar-refractivity contribution in [3.8, 4) is 0 Å². The number of guanidine groups is 1. The molecule has 0 aromatic carbocycles. The monoisotopic (exact) mass is 474 g/mol. The molecule has 24 heavy (non-hydrogen) atoms. The fourth-order valence-electron chi connectivity index (χ4n) is 2.41. The summed E-state index contributed by atoms with van der Waals surface area (Å²) in [6.07, 6.45) is 4.26. The lowest BCUT2D eigenvalue weighted by atomic mass is 10.3. The number of hydrogen-bond donors (Lipinski definition) is 2. The summed E-state index contributed by atoms with van der Waals surface area (Å²) in [6.45, 7) is 6.93. The largest absolute Gasteiger partial charge is 0.357 e. The Kier molecular flexibility index (Phi) is 11.6. The first-order chi connectivity index (χ1) is 10.8. The molecule has 7 nitrogen and oxygen atoms in total. The minimum absolute atomic E-state index is 0. The molecule has 1 aliphatic rings. The maximum absolute atomic E-state index is 11.5. The van der Waals surface area contributed by atoms with Crippen LogP contribution >= 0.6 is 24.0 Å². The standard InChI is InChI=1S/C15H30N4O3S.HI/c1-4-16-15(18-13(2)8-12-23(3,21)22)17-9-6-11-19-10-5-7-14(19)20;/h13H,4-12H2,1-3H3,(H2,16,17,18);1H. The molecule has 2 N–H and O–H groups in total. The highest BCUT2D eigenvalue weighted by Gasteiger charge is 2.18. The number of aliphatic imine (C=N–C) groups is 1. The molecule has 0 aromatic rings. The molecule has 1 fully saturated rings. The van der Waals surface area contributed by atoms with Crippen LogP contribution in [0.15, 0.2) is 4.99 Å². The van der Waals surface area contributed by atoms with Gasteiger partial charge >= 0.3 is 0 Å². The average Bonchev–Trinajstić information content (AvgIpc) is 2.86. The van der Waals surface area contributed by atoms with E-state index in [1.54, 1.807) is 0 Å². The summed E-state index contributed by atoms with van der Waals surface area (Å²) in [6, 6.07) is 0.0303. The van der Waals surface area contributed by atoms with Gasteiger partial charge in [0.2, 0.25) is 5.91 Å². The van der Waals surface area contributed by atoms with Crippen LogP contribution in [0.4, 0.5) is 0 Å². The van der Waals surface area contributed by atoms with E-state index in [4.69, 9.17) is 0 Å². The number of nitrogens with one attached hydrogen (secondary N) is 2. The van der Waals surface area contributed by atoms with Crippen LogP contribution in [0.25, 0.3) is 0 Å². The molecule has 0 radical (unpaired) electrons. The molecule has 142 valence electrons. The molecule has 1 atom stereocenters. The number of nitrogens with zero attached hydrogens (tertiary/aromatic N) is 2. The Morgan fingerprint density at radius 2 is 2.12 bits per heavy atom. The van der Waals surface area contributed by atoms with Gasteiger partial charge < -0.3 is 15.5 Å². The molecule has 1 unspecified atom stereocenters. The van der Waals surface area contributed by atoms with Crippen molar-refractivity contribution in [2.75, 3.05) is 38.2 Å². The Balaban J connectivity index is 0.00000529. The molecule has 1 saturated heterocycles. The number of carbonyl (C=O) groups excluding carboxylic acids is 1. The maximum Gasteiger partial charge on any atom is 0.222 e. The van der Waals surface area contributed by atoms with E-state index < -0.39 is 9.84 Å². The summed E-state index contributed by atoms with van der Waals surface area (Å²) in [7, 11) is -2.94. The third-order valence-corrected chi connectivity index (χ3v) is 4.65. The smallest absolute Gasteiger partial charge is 0.222 e. The zero-order valence-electron chi connectivity index (χ0n) is 14.9. The van der Waals surface area contributed by atoms with Crippen LogP contribution in [0.2, 0.25) is 0 Å². The van der Waals surface area contributed by atoms with Gasteiger partial charge in [0, 0.05) is 44.9 Å². The molecule has 1 amide bonds. The van der Waals surface area contributed by atoms with Crippen molar-refractivity contribution < 1.29 is 13.2 Å². The summed E-state index contributed by atoms with van der Waals surface area (Å²) < 4.78 is 22.4. The van der Waals surface area contributed by atoms with E-state index in [9.17, 15) is 13.2 Å². The van der Waals surface area contributed by atoms with Crippen molar-refractivity contribution in [1.29, 1.82) is 0 Å². The second kappa shape index (κ2) is 11.9. The molecule has 9 heteroatoms. The summed E-state index contributed by atoms with van der Waals surface area (Å²) in [5, 5.41) is 6.38. The second-order valence-electron chi connectivity index (χ2n) is 6.06. The van der Waals surface area contributed by atoms with Crippen molar-refractivity contribution >= 4 is 45.7 Å². The van der Waals surface area contributed by atoms with Crippen LogP contribution in [-0.4, -0.2) is 69.4 Å². The number of halogens is 1. The van der Waals surface area contributed by atoms with Gasteiger partial charge in [0.05, 0.1) is 5.75 Å². The van der Waals surface area contributed by atoms with Gasteiger partial charge in [0.1, 0.15) is 9.84 Å². The number of amides is 1. The van der Waals surface area contributed by atoms with Crippen molar-refractivity contribution in [2.24, 2.45) is 4.99 Å². The molecular weight excluding hydrogens is 443 g/mol. The number of carbonyl (C=O) groups is 1. The Morgan fingerprint density at radius 1 is 1.42 bits per heavy atom. The highest BCUT2D eigenvalue weighted by atomic mass is 127. The van der Waals surface area contributed by atoms with E-state index in [0.29, 0.717) is 25.3 Å². The van der Waals surface area contributed by atoms with Crippen molar-refractivity contribution in [3.05, 3.63) is 0 Å². The van der Waals surface area contributed by atoms with Gasteiger partial charge in [0.25, 0.3) is 0 Å². The predicted octanol–water partition coefficient (Wildman–Crippen LogP) is 0.995. The Bertz CT molecular complexity index is 511. The van der Waals surface area contributed by atoms with Crippen LogP contribution in [-0.2, 0) is 14.6 Å². The van der Waals surface area contributed by atoms with Gasteiger partial charge in [-0.1, -0.05) is 0 Å². The minimum atomic E-state index is -2.94. The van der Waals surface area contributed by atoms with Gasteiger partial charge in [-0.25, -0.2) is 8.42 Å². The van der Waals surface area contributed by atoms with E-state index in [0.717, 1.165) is 32.5 Å². The Morgan fingerprint density at radius 3 is 2.67 bits per heavy atom. The Hall–Kier alpha value is -0.580. The molecular formula is C15H31IN4O3S. The van der Waals surface area contributed by atoms with Gasteiger partial charge in [-0.05, 0) is 33.1 Å². The molecule has 1 rings (SSSR count). The third kappa shape index (κ3) is 10.3. The van der Waals surface area contributed by atoms with E-state index in [-0.39, 0.29) is 41.7 Å². The lowest BCUT2D eigenvalue weighted by molar-refractivity contribution is -0.127. The lowest BCUT2D eigenvalue weighted by Crippen LogP contribution is -2.43. The van der Waals surface area contributed by atoms with Crippen LogP contribution < -0.4 is 10.6 Å². The number of rotatable bonds is 9. The first-order valence-corrected chi connectivity index (χ1v) is 10.4. The minimum Gasteiger partial charge on any atom is -0.357 e. The summed E-state index contributed by atoms with van der Waals surface area (Å²) in [5.74, 6) is 1.10. The Labute approximate surface area is 163 Å². The number of likely N-dealkylation sites (tertiary alicyclic amines) is 1. The topological polar surface area (TPSA) is 90.9 Å². The first kappa shape index (κ1) is 23.4.